The Morgan fingerprint density at radius 3 is 2.76 bits per heavy atom. The van der Waals surface area contributed by atoms with Gasteiger partial charge >= 0.3 is 0 Å². The van der Waals surface area contributed by atoms with E-state index in [1.54, 1.807) is 0 Å². The maximum Gasteiger partial charge on any atom is 0.133 e. The zero-order chi connectivity index (χ0) is 12.0. The molecule has 3 rings (SSSR count). The highest BCUT2D eigenvalue weighted by Crippen LogP contribution is 2.44. The first-order valence-corrected chi connectivity index (χ1v) is 6.14. The third kappa shape index (κ3) is 1.78. The number of Topliss-reactive ketones (excluding diaryl/α,β-unsaturated/α-hetero) is 1. The molecule has 0 unspecified atom stereocenters. The molecule has 0 bridgehead atoms. The van der Waals surface area contributed by atoms with Gasteiger partial charge in [0.15, 0.2) is 0 Å². The van der Waals surface area contributed by atoms with Crippen LogP contribution in [0.15, 0.2) is 12.1 Å². The van der Waals surface area contributed by atoms with Crippen LogP contribution < -0.4 is 0 Å². The van der Waals surface area contributed by atoms with E-state index in [0.717, 1.165) is 24.5 Å². The van der Waals surface area contributed by atoms with Crippen LogP contribution in [0.5, 0.6) is 0 Å². The second kappa shape index (κ2) is 3.90. The number of rotatable bonds is 0. The standard InChI is InChI=1S/C14H14F2O/c15-9-6-13-11-4-2-10(17)5-8(11)1-3-12(13)14(16)7-9/h6-8,11H,1-5H2/t8-,11-/m1/s1. The molecule has 1 fully saturated rings. The third-order valence-electron chi connectivity index (χ3n) is 4.15. The molecule has 2 aliphatic carbocycles. The molecule has 1 saturated carbocycles. The van der Waals surface area contributed by atoms with Gasteiger partial charge in [0, 0.05) is 18.9 Å². The Hall–Kier alpha value is -1.25. The Bertz CT molecular complexity index is 481. The van der Waals surface area contributed by atoms with E-state index < -0.39 is 11.6 Å². The lowest BCUT2D eigenvalue weighted by atomic mass is 9.68. The molecule has 0 heterocycles. The van der Waals surface area contributed by atoms with E-state index >= 15 is 0 Å². The minimum absolute atomic E-state index is 0.182. The summed E-state index contributed by atoms with van der Waals surface area (Å²) < 4.78 is 26.9. The fraction of sp³-hybridized carbons (Fsp3) is 0.500. The van der Waals surface area contributed by atoms with Gasteiger partial charge < -0.3 is 0 Å². The van der Waals surface area contributed by atoms with Gasteiger partial charge in [-0.05, 0) is 48.3 Å². The summed E-state index contributed by atoms with van der Waals surface area (Å²) in [6, 6.07) is 2.43. The van der Waals surface area contributed by atoms with Gasteiger partial charge in [-0.25, -0.2) is 8.78 Å². The van der Waals surface area contributed by atoms with E-state index in [4.69, 9.17) is 0 Å². The Morgan fingerprint density at radius 1 is 1.12 bits per heavy atom. The molecule has 0 saturated heterocycles. The SMILES string of the molecule is O=C1CC[C@H]2c3cc(F)cc(F)c3CC[C@@H]2C1. The number of halogens is 2. The first-order valence-electron chi connectivity index (χ1n) is 6.14. The molecule has 1 aromatic carbocycles. The van der Waals surface area contributed by atoms with Crippen molar-refractivity contribution in [1.82, 2.24) is 0 Å². The van der Waals surface area contributed by atoms with E-state index in [9.17, 15) is 13.6 Å². The highest BCUT2D eigenvalue weighted by atomic mass is 19.1. The number of carbonyl (C=O) groups is 1. The summed E-state index contributed by atoms with van der Waals surface area (Å²) in [4.78, 5) is 11.4. The maximum absolute atomic E-state index is 13.7. The van der Waals surface area contributed by atoms with Gasteiger partial charge in [-0.3, -0.25) is 4.79 Å². The second-order valence-corrected chi connectivity index (χ2v) is 5.14. The van der Waals surface area contributed by atoms with Crippen LogP contribution in [0.4, 0.5) is 8.78 Å². The van der Waals surface area contributed by atoms with Gasteiger partial charge in [-0.2, -0.15) is 0 Å². The van der Waals surface area contributed by atoms with Crippen molar-refractivity contribution >= 4 is 5.78 Å². The molecule has 0 amide bonds. The van der Waals surface area contributed by atoms with Crippen LogP contribution >= 0.6 is 0 Å². The molecule has 0 radical (unpaired) electrons. The van der Waals surface area contributed by atoms with Crippen LogP contribution in [0.3, 0.4) is 0 Å². The van der Waals surface area contributed by atoms with Crippen molar-refractivity contribution in [2.45, 2.75) is 38.0 Å². The van der Waals surface area contributed by atoms with Crippen molar-refractivity contribution in [2.75, 3.05) is 0 Å². The fourth-order valence-electron chi connectivity index (χ4n) is 3.35. The van der Waals surface area contributed by atoms with Crippen LogP contribution in [0.2, 0.25) is 0 Å². The summed E-state index contributed by atoms with van der Waals surface area (Å²) in [5.41, 5.74) is 1.48. The summed E-state index contributed by atoms with van der Waals surface area (Å²) >= 11 is 0. The third-order valence-corrected chi connectivity index (χ3v) is 4.15. The van der Waals surface area contributed by atoms with Crippen LogP contribution in [-0.4, -0.2) is 5.78 Å². The average molecular weight is 236 g/mol. The number of ketones is 1. The van der Waals surface area contributed by atoms with Crippen molar-refractivity contribution in [3.05, 3.63) is 34.9 Å². The van der Waals surface area contributed by atoms with Crippen molar-refractivity contribution in [2.24, 2.45) is 5.92 Å². The average Bonchev–Trinajstić information content (AvgIpc) is 2.27. The predicted molar refractivity (Wildman–Crippen MR) is 59.8 cm³/mol. The van der Waals surface area contributed by atoms with E-state index in [1.165, 1.54) is 6.07 Å². The summed E-state index contributed by atoms with van der Waals surface area (Å²) in [5.74, 6) is -0.146. The summed E-state index contributed by atoms with van der Waals surface area (Å²) in [6.45, 7) is 0. The zero-order valence-corrected chi connectivity index (χ0v) is 9.51. The second-order valence-electron chi connectivity index (χ2n) is 5.14. The molecule has 1 nitrogen and oxygen atoms in total. The number of hydrogen-bond acceptors (Lipinski definition) is 1. The van der Waals surface area contributed by atoms with Crippen molar-refractivity contribution in [3.63, 3.8) is 0 Å². The van der Waals surface area contributed by atoms with E-state index in [-0.39, 0.29) is 5.92 Å². The molecule has 0 aromatic heterocycles. The minimum Gasteiger partial charge on any atom is -0.300 e. The fourth-order valence-corrected chi connectivity index (χ4v) is 3.35. The summed E-state index contributed by atoms with van der Waals surface area (Å²) in [6.07, 6.45) is 3.38. The lowest BCUT2D eigenvalue weighted by Gasteiger charge is -2.36. The number of hydrogen-bond donors (Lipinski definition) is 0. The molecule has 17 heavy (non-hydrogen) atoms. The Balaban J connectivity index is 2.04. The molecular formula is C14H14F2O. The minimum atomic E-state index is -0.501. The smallest absolute Gasteiger partial charge is 0.133 e. The zero-order valence-electron chi connectivity index (χ0n) is 9.51. The number of carbonyl (C=O) groups excluding carboxylic acids is 1. The van der Waals surface area contributed by atoms with Crippen LogP contribution in [0, 0.1) is 17.6 Å². The molecule has 1 aromatic rings. The lowest BCUT2D eigenvalue weighted by molar-refractivity contribution is -0.122. The largest absolute Gasteiger partial charge is 0.300 e. The van der Waals surface area contributed by atoms with Gasteiger partial charge in [-0.15, -0.1) is 0 Å². The van der Waals surface area contributed by atoms with Crippen LogP contribution in [-0.2, 0) is 11.2 Å². The molecule has 2 atom stereocenters. The van der Waals surface area contributed by atoms with Gasteiger partial charge in [0.25, 0.3) is 0 Å². The molecule has 0 spiro atoms. The Morgan fingerprint density at radius 2 is 1.94 bits per heavy atom. The summed E-state index contributed by atoms with van der Waals surface area (Å²) in [7, 11) is 0. The molecule has 0 N–H and O–H groups in total. The predicted octanol–water partition coefficient (Wildman–Crippen LogP) is 3.36. The Labute approximate surface area is 98.8 Å². The maximum atomic E-state index is 13.7. The van der Waals surface area contributed by atoms with Gasteiger partial charge in [0.1, 0.15) is 17.4 Å². The monoisotopic (exact) mass is 236 g/mol. The molecule has 3 heteroatoms. The molecule has 90 valence electrons. The highest BCUT2D eigenvalue weighted by Gasteiger charge is 2.35. The number of benzene rings is 1. The van der Waals surface area contributed by atoms with Crippen LogP contribution in [0.1, 0.15) is 42.7 Å². The van der Waals surface area contributed by atoms with E-state index in [1.807, 2.05) is 0 Å². The van der Waals surface area contributed by atoms with Crippen molar-refractivity contribution in [3.8, 4) is 0 Å². The first-order chi connectivity index (χ1) is 8.15. The van der Waals surface area contributed by atoms with Crippen LogP contribution in [0.25, 0.3) is 0 Å². The van der Waals surface area contributed by atoms with Gasteiger partial charge in [0.05, 0.1) is 0 Å². The van der Waals surface area contributed by atoms with E-state index in [2.05, 4.69) is 0 Å². The molecule has 0 aliphatic heterocycles. The molecule has 2 aliphatic rings. The number of fused-ring (bicyclic) bond motifs is 3. The van der Waals surface area contributed by atoms with Gasteiger partial charge in [-0.1, -0.05) is 0 Å². The molecular weight excluding hydrogens is 222 g/mol. The highest BCUT2D eigenvalue weighted by molar-refractivity contribution is 5.79. The van der Waals surface area contributed by atoms with E-state index in [0.29, 0.717) is 36.5 Å². The first kappa shape index (κ1) is 10.9. The lowest BCUT2D eigenvalue weighted by Crippen LogP contribution is -2.28. The van der Waals surface area contributed by atoms with Gasteiger partial charge in [0.2, 0.25) is 0 Å². The normalized spacial score (nSPS) is 27.5. The summed E-state index contributed by atoms with van der Waals surface area (Å²) in [5, 5.41) is 0. The quantitative estimate of drug-likeness (QED) is 0.675. The van der Waals surface area contributed by atoms with Crippen molar-refractivity contribution < 1.29 is 13.6 Å². The Kier molecular flexibility index (Phi) is 2.49. The topological polar surface area (TPSA) is 17.1 Å². The van der Waals surface area contributed by atoms with Crippen molar-refractivity contribution in [1.29, 1.82) is 0 Å².